The predicted molar refractivity (Wildman–Crippen MR) is 110 cm³/mol. The number of rotatable bonds is 7. The maximum atomic E-state index is 11.0. The molecule has 0 aliphatic heterocycles. The standard InChI is InChI=1S/C23H26N2O3/c26-23(27)11-7-16-6-10-22(28-15-17-4-2-1-3-5-17)20(12-16)18-8-9-21-19(13-18)14-24-25-21/h6,8-10,12-14,17H,1-5,7,11,15H2,(H,24,25)(H,26,27). The van der Waals surface area contributed by atoms with Crippen LogP contribution in [0.4, 0.5) is 0 Å². The van der Waals surface area contributed by atoms with Gasteiger partial charge in [-0.25, -0.2) is 0 Å². The van der Waals surface area contributed by atoms with Gasteiger partial charge in [0, 0.05) is 17.4 Å². The first-order valence-corrected chi connectivity index (χ1v) is 10.1. The number of nitrogens with one attached hydrogen (secondary N) is 1. The van der Waals surface area contributed by atoms with Crippen molar-refractivity contribution in [2.24, 2.45) is 5.92 Å². The number of carboxylic acids is 1. The number of carboxylic acid groups (broad SMARTS) is 1. The van der Waals surface area contributed by atoms with Crippen molar-refractivity contribution in [2.45, 2.75) is 44.9 Å². The molecule has 1 aliphatic carbocycles. The summed E-state index contributed by atoms with van der Waals surface area (Å²) in [6, 6.07) is 12.2. The molecule has 0 amide bonds. The fraction of sp³-hybridized carbons (Fsp3) is 0.391. The fourth-order valence-corrected chi connectivity index (χ4v) is 4.01. The number of fused-ring (bicyclic) bond motifs is 1. The van der Waals surface area contributed by atoms with Crippen LogP contribution in [0.2, 0.25) is 0 Å². The first-order chi connectivity index (χ1) is 13.7. The number of aromatic nitrogens is 2. The third kappa shape index (κ3) is 4.35. The number of hydrogen-bond acceptors (Lipinski definition) is 3. The Labute approximate surface area is 164 Å². The monoisotopic (exact) mass is 378 g/mol. The van der Waals surface area contributed by atoms with Gasteiger partial charge in [-0.1, -0.05) is 31.4 Å². The van der Waals surface area contributed by atoms with E-state index in [-0.39, 0.29) is 6.42 Å². The van der Waals surface area contributed by atoms with Crippen molar-refractivity contribution in [3.8, 4) is 16.9 Å². The van der Waals surface area contributed by atoms with E-state index in [1.807, 2.05) is 24.4 Å². The Morgan fingerprint density at radius 3 is 2.82 bits per heavy atom. The topological polar surface area (TPSA) is 75.2 Å². The molecule has 1 aliphatic rings. The zero-order chi connectivity index (χ0) is 19.3. The van der Waals surface area contributed by atoms with Crippen LogP contribution in [0.15, 0.2) is 42.6 Å². The number of aliphatic carboxylic acids is 1. The highest BCUT2D eigenvalue weighted by Gasteiger charge is 2.16. The highest BCUT2D eigenvalue weighted by atomic mass is 16.5. The summed E-state index contributed by atoms with van der Waals surface area (Å²) in [5.41, 5.74) is 4.08. The van der Waals surface area contributed by atoms with Crippen LogP contribution in [0.1, 0.15) is 44.1 Å². The fourth-order valence-electron chi connectivity index (χ4n) is 4.01. The number of H-pyrrole nitrogens is 1. The summed E-state index contributed by atoms with van der Waals surface area (Å²) < 4.78 is 6.27. The van der Waals surface area contributed by atoms with Crippen LogP contribution < -0.4 is 4.74 Å². The lowest BCUT2D eigenvalue weighted by atomic mass is 9.90. The minimum absolute atomic E-state index is 0.127. The highest BCUT2D eigenvalue weighted by Crippen LogP contribution is 2.34. The van der Waals surface area contributed by atoms with E-state index in [4.69, 9.17) is 9.84 Å². The average Bonchev–Trinajstić information content (AvgIpc) is 3.19. The quantitative estimate of drug-likeness (QED) is 0.592. The molecule has 28 heavy (non-hydrogen) atoms. The minimum atomic E-state index is -0.779. The molecule has 0 radical (unpaired) electrons. The summed E-state index contributed by atoms with van der Waals surface area (Å²) in [4.78, 5) is 11.0. The summed E-state index contributed by atoms with van der Waals surface area (Å²) in [6.07, 6.45) is 8.88. The Bertz CT molecular complexity index is 957. The molecular formula is C23H26N2O3. The number of carbonyl (C=O) groups is 1. The van der Waals surface area contributed by atoms with Gasteiger partial charge >= 0.3 is 5.97 Å². The van der Waals surface area contributed by atoms with Gasteiger partial charge in [0.05, 0.1) is 18.3 Å². The molecule has 0 spiro atoms. The lowest BCUT2D eigenvalue weighted by molar-refractivity contribution is -0.136. The molecule has 1 aromatic heterocycles. The molecule has 5 heteroatoms. The molecule has 1 fully saturated rings. The molecule has 2 N–H and O–H groups in total. The largest absolute Gasteiger partial charge is 0.493 e. The van der Waals surface area contributed by atoms with E-state index in [2.05, 4.69) is 28.4 Å². The molecular weight excluding hydrogens is 352 g/mol. The molecule has 146 valence electrons. The first kappa shape index (κ1) is 18.5. The third-order valence-corrected chi connectivity index (χ3v) is 5.62. The Morgan fingerprint density at radius 2 is 2.00 bits per heavy atom. The molecule has 0 unspecified atom stereocenters. The Balaban J connectivity index is 1.62. The number of ether oxygens (including phenoxy) is 1. The molecule has 3 aromatic rings. The maximum Gasteiger partial charge on any atom is 0.303 e. The number of aromatic amines is 1. The molecule has 2 aromatic carbocycles. The van der Waals surface area contributed by atoms with E-state index >= 15 is 0 Å². The highest BCUT2D eigenvalue weighted by molar-refractivity contribution is 5.85. The number of nitrogens with zero attached hydrogens (tertiary/aromatic N) is 1. The van der Waals surface area contributed by atoms with E-state index < -0.39 is 5.97 Å². The second kappa shape index (κ2) is 8.46. The molecule has 4 rings (SSSR count). The average molecular weight is 378 g/mol. The molecule has 1 heterocycles. The van der Waals surface area contributed by atoms with Gasteiger partial charge in [-0.3, -0.25) is 9.89 Å². The van der Waals surface area contributed by atoms with E-state index in [9.17, 15) is 4.79 Å². The third-order valence-electron chi connectivity index (χ3n) is 5.62. The van der Waals surface area contributed by atoms with Gasteiger partial charge in [-0.05, 0) is 60.6 Å². The number of aryl methyl sites for hydroxylation is 1. The summed E-state index contributed by atoms with van der Waals surface area (Å²) in [5.74, 6) is 0.719. The Morgan fingerprint density at radius 1 is 1.14 bits per heavy atom. The molecule has 0 atom stereocenters. The lowest BCUT2D eigenvalue weighted by Crippen LogP contribution is -2.15. The maximum absolute atomic E-state index is 11.0. The number of benzene rings is 2. The van der Waals surface area contributed by atoms with Crippen molar-refractivity contribution in [3.63, 3.8) is 0 Å². The van der Waals surface area contributed by atoms with Crippen molar-refractivity contribution in [3.05, 3.63) is 48.2 Å². The van der Waals surface area contributed by atoms with E-state index in [1.54, 1.807) is 0 Å². The Kier molecular flexibility index (Phi) is 5.60. The van der Waals surface area contributed by atoms with Crippen LogP contribution in [0.25, 0.3) is 22.0 Å². The van der Waals surface area contributed by atoms with Crippen LogP contribution in [0.5, 0.6) is 5.75 Å². The van der Waals surface area contributed by atoms with Gasteiger partial charge in [0.15, 0.2) is 0 Å². The molecule has 0 bridgehead atoms. The van der Waals surface area contributed by atoms with Crippen LogP contribution >= 0.6 is 0 Å². The summed E-state index contributed by atoms with van der Waals surface area (Å²) in [6.45, 7) is 0.745. The summed E-state index contributed by atoms with van der Waals surface area (Å²) in [7, 11) is 0. The SMILES string of the molecule is O=C(O)CCc1ccc(OCC2CCCCC2)c(-c2ccc3[nH]ncc3c2)c1. The van der Waals surface area contributed by atoms with Crippen LogP contribution in [0, 0.1) is 5.92 Å². The molecule has 5 nitrogen and oxygen atoms in total. The van der Waals surface area contributed by atoms with Gasteiger partial charge in [0.25, 0.3) is 0 Å². The number of hydrogen-bond donors (Lipinski definition) is 2. The normalized spacial score (nSPS) is 15.0. The Hall–Kier alpha value is -2.82. The zero-order valence-electron chi connectivity index (χ0n) is 16.0. The predicted octanol–water partition coefficient (Wildman–Crippen LogP) is 5.21. The van der Waals surface area contributed by atoms with E-state index in [1.165, 1.54) is 32.1 Å². The first-order valence-electron chi connectivity index (χ1n) is 10.1. The van der Waals surface area contributed by atoms with Crippen molar-refractivity contribution < 1.29 is 14.6 Å². The summed E-state index contributed by atoms with van der Waals surface area (Å²) >= 11 is 0. The second-order valence-corrected chi connectivity index (χ2v) is 7.71. The molecule has 0 saturated heterocycles. The van der Waals surface area contributed by atoms with Gasteiger partial charge in [0.2, 0.25) is 0 Å². The van der Waals surface area contributed by atoms with Gasteiger partial charge in [0.1, 0.15) is 5.75 Å². The second-order valence-electron chi connectivity index (χ2n) is 7.71. The van der Waals surface area contributed by atoms with E-state index in [0.717, 1.165) is 39.9 Å². The van der Waals surface area contributed by atoms with Gasteiger partial charge < -0.3 is 9.84 Å². The van der Waals surface area contributed by atoms with Crippen molar-refractivity contribution in [1.29, 1.82) is 0 Å². The van der Waals surface area contributed by atoms with Crippen molar-refractivity contribution >= 4 is 16.9 Å². The van der Waals surface area contributed by atoms with Crippen LogP contribution in [-0.4, -0.2) is 27.9 Å². The van der Waals surface area contributed by atoms with Crippen molar-refractivity contribution in [1.82, 2.24) is 10.2 Å². The van der Waals surface area contributed by atoms with Crippen LogP contribution in [-0.2, 0) is 11.2 Å². The lowest BCUT2D eigenvalue weighted by Gasteiger charge is -2.22. The summed E-state index contributed by atoms with van der Waals surface area (Å²) in [5, 5.41) is 17.1. The van der Waals surface area contributed by atoms with Gasteiger partial charge in [-0.2, -0.15) is 5.10 Å². The van der Waals surface area contributed by atoms with E-state index in [0.29, 0.717) is 12.3 Å². The van der Waals surface area contributed by atoms with Crippen molar-refractivity contribution in [2.75, 3.05) is 6.61 Å². The zero-order valence-corrected chi connectivity index (χ0v) is 16.0. The van der Waals surface area contributed by atoms with Crippen LogP contribution in [0.3, 0.4) is 0 Å². The molecule has 1 saturated carbocycles. The minimum Gasteiger partial charge on any atom is -0.493 e. The smallest absolute Gasteiger partial charge is 0.303 e. The van der Waals surface area contributed by atoms with Gasteiger partial charge in [-0.15, -0.1) is 0 Å².